The summed E-state index contributed by atoms with van der Waals surface area (Å²) in [6, 6.07) is 0. The average molecular weight is 365 g/mol. The maximum absolute atomic E-state index is 12.1. The van der Waals surface area contributed by atoms with Crippen molar-refractivity contribution in [1.29, 1.82) is 0 Å². The quantitative estimate of drug-likeness (QED) is 0.775. The summed E-state index contributed by atoms with van der Waals surface area (Å²) >= 11 is 11.1. The molecule has 2 rings (SSSR count). The lowest BCUT2D eigenvalue weighted by Gasteiger charge is -2.30. The molecule has 1 amide bonds. The Hall–Kier alpha value is -0.0600. The molecule has 0 aliphatic heterocycles. The maximum atomic E-state index is 12.1. The number of carbonyl (C=O) groups excluding carboxylic acids is 1. The highest BCUT2D eigenvalue weighted by Gasteiger charge is 2.25. The Morgan fingerprint density at radius 2 is 2.16 bits per heavy atom. The van der Waals surface area contributed by atoms with Crippen molar-refractivity contribution in [3.05, 3.63) is 20.8 Å². The molecule has 1 N–H and O–H groups in total. The van der Waals surface area contributed by atoms with Crippen LogP contribution in [0.15, 0.2) is 5.38 Å². The van der Waals surface area contributed by atoms with Crippen LogP contribution in [-0.2, 0) is 0 Å². The predicted octanol–water partition coefficient (Wildman–Crippen LogP) is 4.64. The fourth-order valence-corrected chi connectivity index (χ4v) is 4.69. The van der Waals surface area contributed by atoms with Gasteiger partial charge in [-0.15, -0.1) is 11.3 Å². The van der Waals surface area contributed by atoms with E-state index in [-0.39, 0.29) is 5.91 Å². The zero-order valence-corrected chi connectivity index (χ0v) is 14.2. The third-order valence-electron chi connectivity index (χ3n) is 3.89. The molecule has 1 heterocycles. The van der Waals surface area contributed by atoms with E-state index in [2.05, 4.69) is 21.2 Å². The largest absolute Gasteiger partial charge is 0.351 e. The van der Waals surface area contributed by atoms with Crippen LogP contribution in [0.2, 0.25) is 5.02 Å². The highest BCUT2D eigenvalue weighted by Crippen LogP contribution is 2.31. The normalized spacial score (nSPS) is 23.3. The summed E-state index contributed by atoms with van der Waals surface area (Å²) in [5.74, 6) is 1.26. The topological polar surface area (TPSA) is 29.1 Å². The second kappa shape index (κ2) is 7.09. The van der Waals surface area contributed by atoms with E-state index in [1.54, 1.807) is 0 Å². The van der Waals surface area contributed by atoms with Crippen molar-refractivity contribution in [3.63, 3.8) is 0 Å². The summed E-state index contributed by atoms with van der Waals surface area (Å²) in [6.45, 7) is 2.69. The highest BCUT2D eigenvalue weighted by molar-refractivity contribution is 9.09. The van der Waals surface area contributed by atoms with Crippen molar-refractivity contribution in [2.75, 3.05) is 11.9 Å². The summed E-state index contributed by atoms with van der Waals surface area (Å²) in [6.07, 6.45) is 5.08. The highest BCUT2D eigenvalue weighted by atomic mass is 79.9. The summed E-state index contributed by atoms with van der Waals surface area (Å²) in [4.78, 5) is 12.8. The first kappa shape index (κ1) is 15.3. The summed E-state index contributed by atoms with van der Waals surface area (Å²) < 4.78 is 0. The molecular formula is C14H19BrClNOS. The molecule has 0 spiro atoms. The molecule has 19 heavy (non-hydrogen) atoms. The average Bonchev–Trinajstić information content (AvgIpc) is 2.77. The smallest absolute Gasteiger partial charge is 0.262 e. The Balaban J connectivity index is 1.91. The van der Waals surface area contributed by atoms with E-state index in [9.17, 15) is 4.79 Å². The second-order valence-electron chi connectivity index (χ2n) is 5.23. The number of nitrogens with one attached hydrogen (secondary N) is 1. The zero-order valence-electron chi connectivity index (χ0n) is 11.0. The van der Waals surface area contributed by atoms with Gasteiger partial charge >= 0.3 is 0 Å². The lowest BCUT2D eigenvalue weighted by atomic mass is 9.80. The van der Waals surface area contributed by atoms with Crippen molar-refractivity contribution >= 4 is 44.8 Å². The number of rotatable bonds is 4. The van der Waals surface area contributed by atoms with Crippen molar-refractivity contribution in [2.24, 2.45) is 11.8 Å². The van der Waals surface area contributed by atoms with Gasteiger partial charge in [-0.25, -0.2) is 0 Å². The monoisotopic (exact) mass is 363 g/mol. The molecule has 1 aromatic heterocycles. The standard InChI is InChI=1S/C14H19BrClNOS/c1-9-8-19-13(12(9)16)14(18)17-7-11-5-3-2-4-10(11)6-15/h8,10-11H,2-7H2,1H3,(H,17,18). The lowest BCUT2D eigenvalue weighted by molar-refractivity contribution is 0.0941. The number of hydrogen-bond donors (Lipinski definition) is 1. The summed E-state index contributed by atoms with van der Waals surface area (Å²) in [5.41, 5.74) is 0.979. The minimum atomic E-state index is -0.0259. The first-order valence-electron chi connectivity index (χ1n) is 6.71. The van der Waals surface area contributed by atoms with Crippen molar-refractivity contribution in [2.45, 2.75) is 32.6 Å². The van der Waals surface area contributed by atoms with E-state index < -0.39 is 0 Å². The van der Waals surface area contributed by atoms with Gasteiger partial charge in [-0.2, -0.15) is 0 Å². The lowest BCUT2D eigenvalue weighted by Crippen LogP contribution is -2.34. The predicted molar refractivity (Wildman–Crippen MR) is 85.6 cm³/mol. The van der Waals surface area contributed by atoms with Crippen LogP contribution in [0.4, 0.5) is 0 Å². The fraction of sp³-hybridized carbons (Fsp3) is 0.643. The first-order valence-corrected chi connectivity index (χ1v) is 9.09. The van der Waals surface area contributed by atoms with E-state index in [1.807, 2.05) is 12.3 Å². The van der Waals surface area contributed by atoms with Gasteiger partial charge < -0.3 is 5.32 Å². The molecule has 1 fully saturated rings. The molecule has 1 aliphatic rings. The van der Waals surface area contributed by atoms with Crippen LogP contribution in [0.5, 0.6) is 0 Å². The third kappa shape index (κ3) is 3.73. The molecule has 0 aromatic carbocycles. The van der Waals surface area contributed by atoms with Crippen molar-refractivity contribution in [1.82, 2.24) is 5.32 Å². The SMILES string of the molecule is Cc1csc(C(=O)NCC2CCCCC2CBr)c1Cl. The van der Waals surface area contributed by atoms with Gasteiger partial charge in [0.1, 0.15) is 4.88 Å². The number of alkyl halides is 1. The van der Waals surface area contributed by atoms with E-state index in [4.69, 9.17) is 11.6 Å². The molecular weight excluding hydrogens is 346 g/mol. The third-order valence-corrected chi connectivity index (χ3v) is 6.42. The van der Waals surface area contributed by atoms with Gasteiger partial charge in [-0.05, 0) is 42.5 Å². The number of hydrogen-bond acceptors (Lipinski definition) is 2. The molecule has 1 aromatic rings. The van der Waals surface area contributed by atoms with Gasteiger partial charge in [0.05, 0.1) is 5.02 Å². The van der Waals surface area contributed by atoms with Gasteiger partial charge in [0.2, 0.25) is 0 Å². The van der Waals surface area contributed by atoms with Crippen LogP contribution in [0.25, 0.3) is 0 Å². The molecule has 2 unspecified atom stereocenters. The van der Waals surface area contributed by atoms with E-state index in [0.29, 0.717) is 21.7 Å². The Labute approximate surface area is 132 Å². The van der Waals surface area contributed by atoms with Crippen molar-refractivity contribution in [3.8, 4) is 0 Å². The number of thiophene rings is 1. The summed E-state index contributed by atoms with van der Waals surface area (Å²) in [5, 5.41) is 6.62. The van der Waals surface area contributed by atoms with Gasteiger partial charge in [0, 0.05) is 11.9 Å². The van der Waals surface area contributed by atoms with Crippen LogP contribution in [-0.4, -0.2) is 17.8 Å². The minimum absolute atomic E-state index is 0.0259. The Kier molecular flexibility index (Phi) is 5.72. The van der Waals surface area contributed by atoms with E-state index >= 15 is 0 Å². The van der Waals surface area contributed by atoms with Crippen LogP contribution in [0, 0.1) is 18.8 Å². The van der Waals surface area contributed by atoms with Gasteiger partial charge in [-0.1, -0.05) is 40.4 Å². The number of aryl methyl sites for hydroxylation is 1. The minimum Gasteiger partial charge on any atom is -0.351 e. The first-order chi connectivity index (χ1) is 9.13. The molecule has 0 bridgehead atoms. The molecule has 0 radical (unpaired) electrons. The van der Waals surface area contributed by atoms with Gasteiger partial charge in [0.25, 0.3) is 5.91 Å². The fourth-order valence-electron chi connectivity index (χ4n) is 2.64. The Bertz CT molecular complexity index is 449. The molecule has 2 nitrogen and oxygen atoms in total. The number of halogens is 2. The van der Waals surface area contributed by atoms with Crippen LogP contribution < -0.4 is 5.32 Å². The van der Waals surface area contributed by atoms with E-state index in [1.165, 1.54) is 37.0 Å². The maximum Gasteiger partial charge on any atom is 0.262 e. The van der Waals surface area contributed by atoms with Crippen LogP contribution in [0.3, 0.4) is 0 Å². The zero-order chi connectivity index (χ0) is 13.8. The molecule has 1 aliphatic carbocycles. The molecule has 0 saturated heterocycles. The van der Waals surface area contributed by atoms with Crippen LogP contribution >= 0.6 is 38.9 Å². The number of carbonyl (C=O) groups is 1. The van der Waals surface area contributed by atoms with Crippen molar-refractivity contribution < 1.29 is 4.79 Å². The van der Waals surface area contributed by atoms with E-state index in [0.717, 1.165) is 17.4 Å². The van der Waals surface area contributed by atoms with Gasteiger partial charge in [-0.3, -0.25) is 4.79 Å². The molecule has 5 heteroatoms. The second-order valence-corrected chi connectivity index (χ2v) is 7.14. The van der Waals surface area contributed by atoms with Gasteiger partial charge in [0.15, 0.2) is 0 Å². The molecule has 106 valence electrons. The Morgan fingerprint density at radius 1 is 1.47 bits per heavy atom. The Morgan fingerprint density at radius 3 is 2.74 bits per heavy atom. The molecule has 1 saturated carbocycles. The number of amides is 1. The molecule has 2 atom stereocenters. The van der Waals surface area contributed by atoms with Crippen LogP contribution in [0.1, 0.15) is 40.9 Å². The summed E-state index contributed by atoms with van der Waals surface area (Å²) in [7, 11) is 0.